The minimum atomic E-state index is 0.913. The molecule has 0 unspecified atom stereocenters. The smallest absolute Gasteiger partial charge is 0.0463 e. The number of aliphatic imine (C=N–C) groups is 1. The molecule has 0 spiro atoms. The Hall–Kier alpha value is -0.760. The van der Waals surface area contributed by atoms with E-state index in [0.717, 1.165) is 18.5 Å². The fourth-order valence-electron chi connectivity index (χ4n) is 1.02. The summed E-state index contributed by atoms with van der Waals surface area (Å²) in [4.78, 5) is 5.20. The molecule has 0 bridgehead atoms. The summed E-state index contributed by atoms with van der Waals surface area (Å²) >= 11 is 1.73. The zero-order chi connectivity index (χ0) is 11.0. The molecule has 0 atom stereocenters. The maximum Gasteiger partial charge on any atom is 0.0463 e. The zero-order valence-corrected chi connectivity index (χ0v) is 10.2. The summed E-state index contributed by atoms with van der Waals surface area (Å²) < 4.78 is 0. The molecule has 0 aliphatic heterocycles. The highest BCUT2D eigenvalue weighted by atomic mass is 32.2. The van der Waals surface area contributed by atoms with Gasteiger partial charge in [-0.3, -0.25) is 4.99 Å². The third kappa shape index (κ3) is 5.07. The second-order valence-corrected chi connectivity index (χ2v) is 3.97. The Morgan fingerprint density at radius 2 is 2.14 bits per heavy atom. The predicted molar refractivity (Wildman–Crippen MR) is 69.0 cm³/mol. The van der Waals surface area contributed by atoms with Crippen LogP contribution in [0.1, 0.15) is 26.7 Å². The highest BCUT2D eigenvalue weighted by Gasteiger charge is 2.01. The Morgan fingerprint density at radius 1 is 1.50 bits per heavy atom. The number of allylic oxidation sites excluding steroid dienone is 5. The minimum absolute atomic E-state index is 0.913. The van der Waals surface area contributed by atoms with Crippen molar-refractivity contribution in [1.82, 2.24) is 0 Å². The van der Waals surface area contributed by atoms with Gasteiger partial charge in [0.05, 0.1) is 0 Å². The summed E-state index contributed by atoms with van der Waals surface area (Å²) in [6.45, 7) is 11.6. The molecule has 0 amide bonds. The standard InChI is InChI=1S/C12H19NS/c1-6-7-8-10(2)9-12(14-5)11(3)13-4/h6-7H,2,4,8-9H2,1,3,5H3/b7-6-,12-11-. The third-order valence-electron chi connectivity index (χ3n) is 1.94. The van der Waals surface area contributed by atoms with Crippen LogP contribution in [0.5, 0.6) is 0 Å². The van der Waals surface area contributed by atoms with E-state index in [9.17, 15) is 0 Å². The second-order valence-electron chi connectivity index (χ2n) is 3.07. The van der Waals surface area contributed by atoms with Gasteiger partial charge in [-0.2, -0.15) is 0 Å². The van der Waals surface area contributed by atoms with Crippen LogP contribution in [0.3, 0.4) is 0 Å². The summed E-state index contributed by atoms with van der Waals surface area (Å²) in [5, 5.41) is 0. The lowest BCUT2D eigenvalue weighted by atomic mass is 10.1. The fourth-order valence-corrected chi connectivity index (χ4v) is 1.73. The molecular weight excluding hydrogens is 190 g/mol. The number of thioether (sulfide) groups is 1. The van der Waals surface area contributed by atoms with Crippen molar-refractivity contribution in [3.63, 3.8) is 0 Å². The van der Waals surface area contributed by atoms with Gasteiger partial charge < -0.3 is 0 Å². The van der Waals surface area contributed by atoms with Crippen molar-refractivity contribution in [2.75, 3.05) is 6.26 Å². The van der Waals surface area contributed by atoms with E-state index < -0.39 is 0 Å². The molecule has 2 heteroatoms. The first-order valence-electron chi connectivity index (χ1n) is 4.64. The van der Waals surface area contributed by atoms with Gasteiger partial charge in [0.15, 0.2) is 0 Å². The van der Waals surface area contributed by atoms with Gasteiger partial charge in [0.25, 0.3) is 0 Å². The highest BCUT2D eigenvalue weighted by Crippen LogP contribution is 2.25. The molecule has 0 aromatic heterocycles. The van der Waals surface area contributed by atoms with E-state index in [0.29, 0.717) is 0 Å². The van der Waals surface area contributed by atoms with Crippen molar-refractivity contribution in [2.24, 2.45) is 4.99 Å². The largest absolute Gasteiger partial charge is 0.269 e. The van der Waals surface area contributed by atoms with Crippen molar-refractivity contribution in [1.29, 1.82) is 0 Å². The van der Waals surface area contributed by atoms with E-state index in [-0.39, 0.29) is 0 Å². The van der Waals surface area contributed by atoms with Gasteiger partial charge >= 0.3 is 0 Å². The van der Waals surface area contributed by atoms with Crippen molar-refractivity contribution in [3.8, 4) is 0 Å². The fraction of sp³-hybridized carbons (Fsp3) is 0.417. The van der Waals surface area contributed by atoms with Gasteiger partial charge in [-0.15, -0.1) is 11.8 Å². The van der Waals surface area contributed by atoms with Crippen molar-refractivity contribution < 1.29 is 0 Å². The molecule has 0 aromatic carbocycles. The van der Waals surface area contributed by atoms with Crippen molar-refractivity contribution >= 4 is 18.5 Å². The van der Waals surface area contributed by atoms with E-state index in [1.807, 2.05) is 19.9 Å². The first-order valence-corrected chi connectivity index (χ1v) is 5.86. The molecule has 0 aliphatic rings. The number of hydrogen-bond donors (Lipinski definition) is 0. The Balaban J connectivity index is 4.33. The van der Waals surface area contributed by atoms with Crippen LogP contribution in [0.4, 0.5) is 0 Å². The van der Waals surface area contributed by atoms with Gasteiger partial charge in [0.2, 0.25) is 0 Å². The monoisotopic (exact) mass is 209 g/mol. The highest BCUT2D eigenvalue weighted by molar-refractivity contribution is 8.02. The summed E-state index contributed by atoms with van der Waals surface area (Å²) in [6, 6.07) is 0. The summed E-state index contributed by atoms with van der Waals surface area (Å²) in [6.07, 6.45) is 8.09. The molecule has 0 saturated carbocycles. The quantitative estimate of drug-likeness (QED) is 0.472. The lowest BCUT2D eigenvalue weighted by Crippen LogP contribution is -1.86. The maximum absolute atomic E-state index is 4.04. The van der Waals surface area contributed by atoms with Gasteiger partial charge in [0, 0.05) is 17.0 Å². The summed E-state index contributed by atoms with van der Waals surface area (Å²) in [5.41, 5.74) is 2.23. The molecule has 0 rings (SSSR count). The van der Waals surface area contributed by atoms with Crippen LogP contribution in [0, 0.1) is 0 Å². The van der Waals surface area contributed by atoms with Crippen LogP contribution < -0.4 is 0 Å². The van der Waals surface area contributed by atoms with Gasteiger partial charge in [-0.05, 0) is 33.2 Å². The lowest BCUT2D eigenvalue weighted by molar-refractivity contribution is 1.08. The van der Waals surface area contributed by atoms with E-state index in [1.165, 1.54) is 10.5 Å². The lowest BCUT2D eigenvalue weighted by Gasteiger charge is -2.07. The molecule has 0 aromatic rings. The van der Waals surface area contributed by atoms with E-state index in [4.69, 9.17) is 0 Å². The average molecular weight is 209 g/mol. The van der Waals surface area contributed by atoms with Crippen LogP contribution in [0.15, 0.2) is 39.9 Å². The molecule has 78 valence electrons. The first-order chi connectivity index (χ1) is 6.65. The Bertz CT molecular complexity index is 261. The third-order valence-corrected chi connectivity index (χ3v) is 2.87. The number of rotatable bonds is 6. The maximum atomic E-state index is 4.04. The molecule has 0 radical (unpaired) electrons. The normalized spacial score (nSPS) is 12.8. The van der Waals surface area contributed by atoms with Crippen LogP contribution in [-0.4, -0.2) is 13.0 Å². The SMILES string of the molecule is C=N/C(C)=C(/CC(=C)C/C=C\C)SC. The van der Waals surface area contributed by atoms with Gasteiger partial charge in [0.1, 0.15) is 0 Å². The molecule has 1 nitrogen and oxygen atoms in total. The molecular formula is C12H19NS. The molecule has 0 heterocycles. The van der Waals surface area contributed by atoms with Crippen LogP contribution in [0.25, 0.3) is 0 Å². The summed E-state index contributed by atoms with van der Waals surface area (Å²) in [5.74, 6) is 0. The number of hydrogen-bond acceptors (Lipinski definition) is 2. The minimum Gasteiger partial charge on any atom is -0.269 e. The first kappa shape index (κ1) is 13.2. The summed E-state index contributed by atoms with van der Waals surface area (Å²) in [7, 11) is 0. The van der Waals surface area contributed by atoms with Crippen LogP contribution in [-0.2, 0) is 0 Å². The molecule has 14 heavy (non-hydrogen) atoms. The van der Waals surface area contributed by atoms with Crippen molar-refractivity contribution in [2.45, 2.75) is 26.7 Å². The molecule has 0 fully saturated rings. The Labute approximate surface area is 91.7 Å². The molecule has 0 saturated heterocycles. The Kier molecular flexibility index (Phi) is 7.21. The topological polar surface area (TPSA) is 12.4 Å². The van der Waals surface area contributed by atoms with Crippen LogP contribution in [0.2, 0.25) is 0 Å². The zero-order valence-electron chi connectivity index (χ0n) is 9.34. The molecule has 0 aliphatic carbocycles. The Morgan fingerprint density at radius 3 is 2.57 bits per heavy atom. The van der Waals surface area contributed by atoms with Crippen LogP contribution >= 0.6 is 11.8 Å². The second kappa shape index (κ2) is 7.63. The van der Waals surface area contributed by atoms with Crippen molar-refractivity contribution in [3.05, 3.63) is 34.9 Å². The average Bonchev–Trinajstić information content (AvgIpc) is 2.21. The van der Waals surface area contributed by atoms with Gasteiger partial charge in [-0.25, -0.2) is 0 Å². The van der Waals surface area contributed by atoms with E-state index in [1.54, 1.807) is 11.8 Å². The van der Waals surface area contributed by atoms with E-state index >= 15 is 0 Å². The van der Waals surface area contributed by atoms with Gasteiger partial charge in [-0.1, -0.05) is 24.3 Å². The molecule has 0 N–H and O–H groups in total. The predicted octanol–water partition coefficient (Wildman–Crippen LogP) is 4.19. The van der Waals surface area contributed by atoms with E-state index in [2.05, 4.69) is 30.6 Å². The number of nitrogens with zero attached hydrogens (tertiary/aromatic N) is 1.